The van der Waals surface area contributed by atoms with Crippen LogP contribution in [0.1, 0.15) is 12.8 Å². The van der Waals surface area contributed by atoms with Crippen LogP contribution in [0.2, 0.25) is 0 Å². The fourth-order valence-electron chi connectivity index (χ4n) is 1.78. The minimum atomic E-state index is 0.344. The number of aromatic nitrogens is 1. The second-order valence-electron chi connectivity index (χ2n) is 3.74. The summed E-state index contributed by atoms with van der Waals surface area (Å²) in [5, 5.41) is 0. The molecule has 0 bridgehead atoms. The normalized spacial score (nSPS) is 18.5. The molecule has 0 unspecified atom stereocenters. The Hall–Kier alpha value is -1.29. The molecule has 1 aliphatic heterocycles. The van der Waals surface area contributed by atoms with E-state index in [-0.39, 0.29) is 0 Å². The molecule has 4 nitrogen and oxygen atoms in total. The fourth-order valence-corrected chi connectivity index (χ4v) is 1.78. The van der Waals surface area contributed by atoms with Crippen LogP contribution in [-0.2, 0) is 0 Å². The minimum absolute atomic E-state index is 0.344. The molecule has 76 valence electrons. The van der Waals surface area contributed by atoms with E-state index < -0.39 is 0 Å². The van der Waals surface area contributed by atoms with E-state index in [0.29, 0.717) is 6.04 Å². The number of nitrogens with two attached hydrogens (primary N) is 2. The van der Waals surface area contributed by atoms with E-state index in [0.717, 1.165) is 37.4 Å². The van der Waals surface area contributed by atoms with E-state index in [9.17, 15) is 0 Å². The Morgan fingerprint density at radius 2 is 2.07 bits per heavy atom. The summed E-state index contributed by atoms with van der Waals surface area (Å²) < 4.78 is 0. The third kappa shape index (κ3) is 1.80. The van der Waals surface area contributed by atoms with Gasteiger partial charge in [-0.3, -0.25) is 0 Å². The lowest BCUT2D eigenvalue weighted by Gasteiger charge is -2.31. The van der Waals surface area contributed by atoms with Gasteiger partial charge in [0.1, 0.15) is 0 Å². The molecule has 4 heteroatoms. The van der Waals surface area contributed by atoms with E-state index in [2.05, 4.69) is 9.88 Å². The molecule has 0 radical (unpaired) electrons. The summed E-state index contributed by atoms with van der Waals surface area (Å²) in [5.41, 5.74) is 12.4. The van der Waals surface area contributed by atoms with Crippen LogP contribution in [0.25, 0.3) is 0 Å². The molecule has 0 saturated carbocycles. The van der Waals surface area contributed by atoms with Gasteiger partial charge in [-0.1, -0.05) is 0 Å². The summed E-state index contributed by atoms with van der Waals surface area (Å²) in [6.45, 7) is 1.92. The van der Waals surface area contributed by atoms with E-state index in [1.807, 2.05) is 12.1 Å². The van der Waals surface area contributed by atoms with Crippen molar-refractivity contribution in [3.8, 4) is 0 Å². The van der Waals surface area contributed by atoms with Crippen molar-refractivity contribution in [1.29, 1.82) is 0 Å². The first-order valence-electron chi connectivity index (χ1n) is 4.98. The predicted octanol–water partition coefficient (Wildman–Crippen LogP) is 0.591. The van der Waals surface area contributed by atoms with Gasteiger partial charge in [0.05, 0.1) is 5.69 Å². The van der Waals surface area contributed by atoms with Crippen LogP contribution in [0.3, 0.4) is 0 Å². The first kappa shape index (κ1) is 9.27. The zero-order valence-electron chi connectivity index (χ0n) is 8.19. The summed E-state index contributed by atoms with van der Waals surface area (Å²) >= 11 is 0. The van der Waals surface area contributed by atoms with E-state index in [1.165, 1.54) is 0 Å². The van der Waals surface area contributed by atoms with Gasteiger partial charge in [-0.2, -0.15) is 0 Å². The number of rotatable bonds is 1. The maximum absolute atomic E-state index is 5.85. The van der Waals surface area contributed by atoms with Gasteiger partial charge in [0.25, 0.3) is 0 Å². The summed E-state index contributed by atoms with van der Waals surface area (Å²) in [6.07, 6.45) is 3.83. The van der Waals surface area contributed by atoms with Crippen LogP contribution in [0.15, 0.2) is 18.3 Å². The molecule has 1 aromatic rings. The van der Waals surface area contributed by atoms with Crippen molar-refractivity contribution in [2.24, 2.45) is 5.73 Å². The van der Waals surface area contributed by atoms with Crippen molar-refractivity contribution in [2.45, 2.75) is 18.9 Å². The van der Waals surface area contributed by atoms with Crippen molar-refractivity contribution in [2.75, 3.05) is 23.7 Å². The first-order chi connectivity index (χ1) is 6.77. The highest BCUT2D eigenvalue weighted by atomic mass is 15.2. The van der Waals surface area contributed by atoms with Crippen molar-refractivity contribution < 1.29 is 0 Å². The highest BCUT2D eigenvalue weighted by molar-refractivity contribution is 5.62. The van der Waals surface area contributed by atoms with Crippen molar-refractivity contribution in [3.63, 3.8) is 0 Å². The summed E-state index contributed by atoms with van der Waals surface area (Å²) in [4.78, 5) is 6.49. The highest BCUT2D eigenvalue weighted by Gasteiger charge is 2.18. The van der Waals surface area contributed by atoms with Gasteiger partial charge in [0.2, 0.25) is 0 Å². The Labute approximate surface area is 83.9 Å². The van der Waals surface area contributed by atoms with E-state index in [1.54, 1.807) is 6.20 Å². The quantitative estimate of drug-likeness (QED) is 0.683. The lowest BCUT2D eigenvalue weighted by Crippen LogP contribution is -2.40. The molecule has 0 spiro atoms. The smallest absolute Gasteiger partial charge is 0.151 e. The Morgan fingerprint density at radius 3 is 2.71 bits per heavy atom. The van der Waals surface area contributed by atoms with Gasteiger partial charge in [-0.25, -0.2) is 4.98 Å². The van der Waals surface area contributed by atoms with Crippen LogP contribution in [-0.4, -0.2) is 24.1 Å². The first-order valence-corrected chi connectivity index (χ1v) is 4.98. The molecule has 0 atom stereocenters. The molecule has 1 fully saturated rings. The zero-order valence-corrected chi connectivity index (χ0v) is 8.19. The second kappa shape index (κ2) is 3.84. The topological polar surface area (TPSA) is 68.2 Å². The van der Waals surface area contributed by atoms with Crippen LogP contribution in [0, 0.1) is 0 Å². The molecule has 0 aromatic carbocycles. The van der Waals surface area contributed by atoms with Gasteiger partial charge in [0.15, 0.2) is 5.82 Å². The van der Waals surface area contributed by atoms with Crippen molar-refractivity contribution in [1.82, 2.24) is 4.98 Å². The number of nitrogens with zero attached hydrogens (tertiary/aromatic N) is 2. The molecule has 2 heterocycles. The van der Waals surface area contributed by atoms with Gasteiger partial charge >= 0.3 is 0 Å². The number of nitrogen functional groups attached to an aromatic ring is 1. The zero-order chi connectivity index (χ0) is 9.97. The molecule has 0 aliphatic carbocycles. The number of hydrogen-bond acceptors (Lipinski definition) is 4. The Bertz CT molecular complexity index is 305. The molecule has 14 heavy (non-hydrogen) atoms. The third-order valence-electron chi connectivity index (χ3n) is 2.66. The maximum atomic E-state index is 5.85. The van der Waals surface area contributed by atoms with Crippen molar-refractivity contribution >= 4 is 11.5 Å². The number of pyridine rings is 1. The van der Waals surface area contributed by atoms with E-state index in [4.69, 9.17) is 11.5 Å². The largest absolute Gasteiger partial charge is 0.396 e. The Kier molecular flexibility index (Phi) is 2.54. The molecular weight excluding hydrogens is 176 g/mol. The molecule has 4 N–H and O–H groups in total. The molecule has 1 aliphatic rings. The monoisotopic (exact) mass is 192 g/mol. The standard InChI is InChI=1S/C10H16N4/c11-8-3-6-14(7-4-8)10-9(12)2-1-5-13-10/h1-2,5,8H,3-4,6-7,11-12H2. The van der Waals surface area contributed by atoms with Gasteiger partial charge in [-0.05, 0) is 25.0 Å². The lowest BCUT2D eigenvalue weighted by atomic mass is 10.1. The van der Waals surface area contributed by atoms with Crippen LogP contribution >= 0.6 is 0 Å². The van der Waals surface area contributed by atoms with Crippen LogP contribution in [0.4, 0.5) is 11.5 Å². The minimum Gasteiger partial charge on any atom is -0.396 e. The molecule has 2 rings (SSSR count). The number of anilines is 2. The van der Waals surface area contributed by atoms with Gasteiger partial charge < -0.3 is 16.4 Å². The average Bonchev–Trinajstić information content (AvgIpc) is 2.20. The molecule has 1 aromatic heterocycles. The molecule has 1 saturated heterocycles. The van der Waals surface area contributed by atoms with Crippen LogP contribution in [0.5, 0.6) is 0 Å². The second-order valence-corrected chi connectivity index (χ2v) is 3.74. The SMILES string of the molecule is Nc1cccnc1N1CCC(N)CC1. The highest BCUT2D eigenvalue weighted by Crippen LogP contribution is 2.22. The third-order valence-corrected chi connectivity index (χ3v) is 2.66. The molecule has 0 amide bonds. The maximum Gasteiger partial charge on any atom is 0.151 e. The Morgan fingerprint density at radius 1 is 1.36 bits per heavy atom. The summed E-state index contributed by atoms with van der Waals surface area (Å²) in [5.74, 6) is 0.902. The van der Waals surface area contributed by atoms with Gasteiger partial charge in [0, 0.05) is 25.3 Å². The molecular formula is C10H16N4. The fraction of sp³-hybridized carbons (Fsp3) is 0.500. The van der Waals surface area contributed by atoms with Gasteiger partial charge in [-0.15, -0.1) is 0 Å². The predicted molar refractivity (Wildman–Crippen MR) is 58.1 cm³/mol. The average molecular weight is 192 g/mol. The lowest BCUT2D eigenvalue weighted by molar-refractivity contribution is 0.499. The number of piperidine rings is 1. The van der Waals surface area contributed by atoms with Crippen LogP contribution < -0.4 is 16.4 Å². The Balaban J connectivity index is 2.12. The van der Waals surface area contributed by atoms with Crippen molar-refractivity contribution in [3.05, 3.63) is 18.3 Å². The van der Waals surface area contributed by atoms with E-state index >= 15 is 0 Å². The summed E-state index contributed by atoms with van der Waals surface area (Å²) in [6, 6.07) is 4.09. The summed E-state index contributed by atoms with van der Waals surface area (Å²) in [7, 11) is 0. The number of hydrogen-bond donors (Lipinski definition) is 2.